The third kappa shape index (κ3) is 4.14. The molecule has 1 saturated carbocycles. The molecular weight excluding hydrogens is 356 g/mol. The van der Waals surface area contributed by atoms with Gasteiger partial charge in [0.1, 0.15) is 11.5 Å². The van der Waals surface area contributed by atoms with E-state index >= 15 is 0 Å². The Morgan fingerprint density at radius 3 is 2.50 bits per heavy atom. The van der Waals surface area contributed by atoms with Crippen LogP contribution >= 0.6 is 0 Å². The molecule has 1 amide bonds. The van der Waals surface area contributed by atoms with Crippen molar-refractivity contribution in [3.05, 3.63) is 48.0 Å². The molecule has 26 heavy (non-hydrogen) atoms. The summed E-state index contributed by atoms with van der Waals surface area (Å²) in [6.07, 6.45) is 1.69. The zero-order valence-electron chi connectivity index (χ0n) is 14.5. The molecule has 0 aromatic heterocycles. The molecule has 2 aromatic rings. The number of methoxy groups -OCH3 is 2. The van der Waals surface area contributed by atoms with E-state index < -0.39 is 15.9 Å². The molecule has 0 saturated heterocycles. The Hall–Kier alpha value is -2.58. The maximum absolute atomic E-state index is 12.5. The second-order valence-electron chi connectivity index (χ2n) is 5.94. The summed E-state index contributed by atoms with van der Waals surface area (Å²) in [6, 6.07) is 10.9. The standard InChI is InChI=1S/C18H20N2O5S/c1-24-14-8-9-16(17(11-14)25-2)19-18(21)12-4-3-5-15(10-12)26(22,23)20-13-6-7-13/h3-5,8-11,13,20H,6-7H2,1-2H3,(H,19,21). The van der Waals surface area contributed by atoms with Crippen molar-refractivity contribution in [3.63, 3.8) is 0 Å². The molecule has 0 bridgehead atoms. The summed E-state index contributed by atoms with van der Waals surface area (Å²) in [5.74, 6) is 0.605. The summed E-state index contributed by atoms with van der Waals surface area (Å²) in [4.78, 5) is 12.6. The first-order chi connectivity index (χ1) is 12.4. The van der Waals surface area contributed by atoms with Crippen LogP contribution in [0.2, 0.25) is 0 Å². The zero-order chi connectivity index (χ0) is 18.7. The summed E-state index contributed by atoms with van der Waals surface area (Å²) in [5.41, 5.74) is 0.698. The van der Waals surface area contributed by atoms with Crippen LogP contribution in [-0.4, -0.2) is 34.6 Å². The molecule has 0 atom stereocenters. The van der Waals surface area contributed by atoms with Gasteiger partial charge in [-0.15, -0.1) is 0 Å². The first-order valence-corrected chi connectivity index (χ1v) is 9.57. The third-order valence-electron chi connectivity index (χ3n) is 3.96. The van der Waals surface area contributed by atoms with Crippen LogP contribution in [0, 0.1) is 0 Å². The van der Waals surface area contributed by atoms with E-state index in [1.54, 1.807) is 30.3 Å². The molecule has 138 valence electrons. The van der Waals surface area contributed by atoms with Gasteiger partial charge in [0.15, 0.2) is 0 Å². The highest BCUT2D eigenvalue weighted by atomic mass is 32.2. The van der Waals surface area contributed by atoms with Gasteiger partial charge in [-0.05, 0) is 43.2 Å². The second kappa shape index (κ2) is 7.35. The van der Waals surface area contributed by atoms with E-state index in [0.29, 0.717) is 17.2 Å². The fourth-order valence-electron chi connectivity index (χ4n) is 2.39. The summed E-state index contributed by atoms with van der Waals surface area (Å²) in [7, 11) is -0.595. The number of benzene rings is 2. The van der Waals surface area contributed by atoms with Gasteiger partial charge >= 0.3 is 0 Å². The lowest BCUT2D eigenvalue weighted by atomic mass is 10.2. The minimum absolute atomic E-state index is 0.000966. The van der Waals surface area contributed by atoms with Crippen molar-refractivity contribution in [2.24, 2.45) is 0 Å². The van der Waals surface area contributed by atoms with Gasteiger partial charge in [0.05, 0.1) is 24.8 Å². The highest BCUT2D eigenvalue weighted by Gasteiger charge is 2.28. The van der Waals surface area contributed by atoms with Crippen LogP contribution in [0.5, 0.6) is 11.5 Å². The Morgan fingerprint density at radius 1 is 1.08 bits per heavy atom. The van der Waals surface area contributed by atoms with Crippen LogP contribution in [0.1, 0.15) is 23.2 Å². The van der Waals surface area contributed by atoms with Gasteiger partial charge in [-0.2, -0.15) is 0 Å². The van der Waals surface area contributed by atoms with E-state index in [-0.39, 0.29) is 16.5 Å². The van der Waals surface area contributed by atoms with Gasteiger partial charge in [0.25, 0.3) is 5.91 Å². The SMILES string of the molecule is COc1ccc(NC(=O)c2cccc(S(=O)(=O)NC3CC3)c2)c(OC)c1. The smallest absolute Gasteiger partial charge is 0.255 e. The first kappa shape index (κ1) is 18.2. The van der Waals surface area contributed by atoms with E-state index in [1.165, 1.54) is 26.4 Å². The molecule has 0 aliphatic heterocycles. The number of carbonyl (C=O) groups is 1. The van der Waals surface area contributed by atoms with Crippen LogP contribution in [0.15, 0.2) is 47.4 Å². The largest absolute Gasteiger partial charge is 0.497 e. The molecule has 2 aromatic carbocycles. The molecule has 3 rings (SSSR count). The summed E-state index contributed by atoms with van der Waals surface area (Å²) < 4.78 is 37.6. The fraction of sp³-hybridized carbons (Fsp3) is 0.278. The Kier molecular flexibility index (Phi) is 5.15. The van der Waals surface area contributed by atoms with Crippen molar-refractivity contribution in [3.8, 4) is 11.5 Å². The van der Waals surface area contributed by atoms with Crippen molar-refractivity contribution in [2.75, 3.05) is 19.5 Å². The van der Waals surface area contributed by atoms with Crippen LogP contribution < -0.4 is 19.5 Å². The van der Waals surface area contributed by atoms with Crippen molar-refractivity contribution in [2.45, 2.75) is 23.8 Å². The number of rotatable bonds is 7. The maximum atomic E-state index is 12.5. The molecule has 8 heteroatoms. The lowest BCUT2D eigenvalue weighted by molar-refractivity contribution is 0.102. The topological polar surface area (TPSA) is 93.7 Å². The molecule has 0 unspecified atom stereocenters. The molecule has 1 fully saturated rings. The molecule has 1 aliphatic rings. The van der Waals surface area contributed by atoms with Crippen molar-refractivity contribution >= 4 is 21.6 Å². The van der Waals surface area contributed by atoms with E-state index in [1.807, 2.05) is 0 Å². The van der Waals surface area contributed by atoms with E-state index in [0.717, 1.165) is 12.8 Å². The molecule has 0 heterocycles. The number of amides is 1. The van der Waals surface area contributed by atoms with Gasteiger partial charge in [0, 0.05) is 17.7 Å². The number of ether oxygens (including phenoxy) is 2. The molecular formula is C18H20N2O5S. The number of carbonyl (C=O) groups excluding carboxylic acids is 1. The average Bonchev–Trinajstić information content (AvgIpc) is 3.45. The summed E-state index contributed by atoms with van der Waals surface area (Å²) in [6.45, 7) is 0. The monoisotopic (exact) mass is 376 g/mol. The van der Waals surface area contributed by atoms with Crippen LogP contribution in [0.25, 0.3) is 0 Å². The number of sulfonamides is 1. The molecule has 2 N–H and O–H groups in total. The summed E-state index contributed by atoms with van der Waals surface area (Å²) in [5, 5.41) is 2.73. The van der Waals surface area contributed by atoms with Crippen molar-refractivity contribution in [1.82, 2.24) is 4.72 Å². The highest BCUT2D eigenvalue weighted by molar-refractivity contribution is 7.89. The fourth-order valence-corrected chi connectivity index (χ4v) is 3.74. The second-order valence-corrected chi connectivity index (χ2v) is 7.66. The summed E-state index contributed by atoms with van der Waals surface area (Å²) >= 11 is 0. The number of anilines is 1. The van der Waals surface area contributed by atoms with Crippen molar-refractivity contribution < 1.29 is 22.7 Å². The minimum Gasteiger partial charge on any atom is -0.497 e. The van der Waals surface area contributed by atoms with Crippen LogP contribution in [0.3, 0.4) is 0 Å². The van der Waals surface area contributed by atoms with Crippen LogP contribution in [-0.2, 0) is 10.0 Å². The molecule has 7 nitrogen and oxygen atoms in total. The molecule has 0 spiro atoms. The van der Waals surface area contributed by atoms with E-state index in [4.69, 9.17) is 9.47 Å². The third-order valence-corrected chi connectivity index (χ3v) is 5.48. The van der Waals surface area contributed by atoms with Crippen molar-refractivity contribution in [1.29, 1.82) is 0 Å². The quantitative estimate of drug-likeness (QED) is 0.774. The van der Waals surface area contributed by atoms with Gasteiger partial charge in [-0.3, -0.25) is 4.79 Å². The minimum atomic E-state index is -3.62. The van der Waals surface area contributed by atoms with Gasteiger partial charge in [-0.1, -0.05) is 6.07 Å². The van der Waals surface area contributed by atoms with Gasteiger partial charge in [-0.25, -0.2) is 13.1 Å². The Bertz CT molecular complexity index is 923. The van der Waals surface area contributed by atoms with Gasteiger partial charge < -0.3 is 14.8 Å². The predicted octanol–water partition coefficient (Wildman–Crippen LogP) is 2.40. The number of hydrogen-bond donors (Lipinski definition) is 2. The number of hydrogen-bond acceptors (Lipinski definition) is 5. The highest BCUT2D eigenvalue weighted by Crippen LogP contribution is 2.29. The molecule has 1 aliphatic carbocycles. The lowest BCUT2D eigenvalue weighted by Crippen LogP contribution is -2.26. The predicted molar refractivity (Wildman–Crippen MR) is 97.3 cm³/mol. The zero-order valence-corrected chi connectivity index (χ0v) is 15.3. The molecule has 0 radical (unpaired) electrons. The maximum Gasteiger partial charge on any atom is 0.255 e. The number of nitrogens with one attached hydrogen (secondary N) is 2. The first-order valence-electron chi connectivity index (χ1n) is 8.09. The van der Waals surface area contributed by atoms with E-state index in [9.17, 15) is 13.2 Å². The Balaban J connectivity index is 1.81. The lowest BCUT2D eigenvalue weighted by Gasteiger charge is -2.12. The Labute approximate surface area is 152 Å². The normalized spacial score (nSPS) is 13.9. The van der Waals surface area contributed by atoms with Crippen LogP contribution in [0.4, 0.5) is 5.69 Å². The Morgan fingerprint density at radius 2 is 1.85 bits per heavy atom. The van der Waals surface area contributed by atoms with E-state index in [2.05, 4.69) is 10.0 Å². The van der Waals surface area contributed by atoms with Gasteiger partial charge in [0.2, 0.25) is 10.0 Å². The average molecular weight is 376 g/mol.